The van der Waals surface area contributed by atoms with Crippen molar-refractivity contribution in [2.24, 2.45) is 0 Å². The number of sulfone groups is 1. The molecule has 11 heteroatoms. The molecule has 2 aromatic heterocycles. The van der Waals surface area contributed by atoms with Gasteiger partial charge in [-0.05, 0) is 59.5 Å². The highest BCUT2D eigenvalue weighted by Gasteiger charge is 2.24. The third kappa shape index (κ3) is 6.31. The SMILES string of the molecule is O=C(Nc1ccccc1S(=O)(=O)c1ccccc1)NC(Cc1ccc(Oc2nccc3ccncc23)cc1)C(=O)O. The minimum atomic E-state index is -3.93. The van der Waals surface area contributed by atoms with Gasteiger partial charge >= 0.3 is 12.0 Å². The molecular formula is C30H24N4O6S. The van der Waals surface area contributed by atoms with Crippen molar-refractivity contribution in [3.05, 3.63) is 115 Å². The standard InChI is InChI=1S/C30H24N4O6S/c35-29(36)26(18-20-10-12-22(13-11-20)40-28-24-19-31-16-14-21(24)15-17-32-28)34-30(37)33-25-8-4-5-9-27(25)41(38,39)23-6-2-1-3-7-23/h1-17,19,26H,18H2,(H,35,36)(H2,33,34,37). The second-order valence-electron chi connectivity index (χ2n) is 8.96. The molecule has 5 aromatic rings. The van der Waals surface area contributed by atoms with Gasteiger partial charge in [0.1, 0.15) is 11.8 Å². The van der Waals surface area contributed by atoms with Gasteiger partial charge in [0.05, 0.1) is 20.9 Å². The van der Waals surface area contributed by atoms with Crippen molar-refractivity contribution in [1.29, 1.82) is 0 Å². The zero-order valence-electron chi connectivity index (χ0n) is 21.5. The molecule has 0 saturated heterocycles. The number of pyridine rings is 2. The zero-order chi connectivity index (χ0) is 28.8. The van der Waals surface area contributed by atoms with E-state index in [1.54, 1.807) is 73.2 Å². The first kappa shape index (κ1) is 27.3. The molecule has 0 bridgehead atoms. The monoisotopic (exact) mass is 568 g/mol. The lowest BCUT2D eigenvalue weighted by Gasteiger charge is -2.17. The van der Waals surface area contributed by atoms with Crippen LogP contribution in [0.25, 0.3) is 10.8 Å². The molecular weight excluding hydrogens is 544 g/mol. The third-order valence-electron chi connectivity index (χ3n) is 6.19. The van der Waals surface area contributed by atoms with E-state index in [9.17, 15) is 23.1 Å². The molecule has 0 saturated carbocycles. The van der Waals surface area contributed by atoms with Gasteiger partial charge in [-0.25, -0.2) is 23.0 Å². The predicted octanol–water partition coefficient (Wildman–Crippen LogP) is 5.07. The van der Waals surface area contributed by atoms with Crippen LogP contribution in [0, 0.1) is 0 Å². The molecule has 3 aromatic carbocycles. The quantitative estimate of drug-likeness (QED) is 0.223. The van der Waals surface area contributed by atoms with Crippen molar-refractivity contribution >= 4 is 38.3 Å². The molecule has 0 aliphatic rings. The van der Waals surface area contributed by atoms with E-state index in [1.807, 2.05) is 12.1 Å². The molecule has 0 aliphatic heterocycles. The molecule has 0 aliphatic carbocycles. The molecule has 0 fully saturated rings. The fourth-order valence-electron chi connectivity index (χ4n) is 4.15. The van der Waals surface area contributed by atoms with Gasteiger partial charge in [0.2, 0.25) is 15.7 Å². The number of nitrogens with zero attached hydrogens (tertiary/aromatic N) is 2. The molecule has 206 valence electrons. The number of hydrogen-bond donors (Lipinski definition) is 3. The van der Waals surface area contributed by atoms with E-state index in [4.69, 9.17) is 4.74 Å². The minimum absolute atomic E-state index is 0.0244. The van der Waals surface area contributed by atoms with Crippen LogP contribution in [-0.2, 0) is 21.1 Å². The lowest BCUT2D eigenvalue weighted by atomic mass is 10.1. The highest BCUT2D eigenvalue weighted by Crippen LogP contribution is 2.28. The van der Waals surface area contributed by atoms with E-state index < -0.39 is 27.9 Å². The lowest BCUT2D eigenvalue weighted by molar-refractivity contribution is -0.139. The van der Waals surface area contributed by atoms with E-state index in [2.05, 4.69) is 20.6 Å². The minimum Gasteiger partial charge on any atom is -0.480 e. The number of hydrogen-bond acceptors (Lipinski definition) is 7. The summed E-state index contributed by atoms with van der Waals surface area (Å²) in [6, 6.07) is 22.0. The summed E-state index contributed by atoms with van der Waals surface area (Å²) in [5.41, 5.74) is 0.654. The van der Waals surface area contributed by atoms with Crippen LogP contribution in [0.3, 0.4) is 0 Å². The highest BCUT2D eigenvalue weighted by molar-refractivity contribution is 7.91. The lowest BCUT2D eigenvalue weighted by Crippen LogP contribution is -2.44. The van der Waals surface area contributed by atoms with Crippen molar-refractivity contribution in [2.45, 2.75) is 22.3 Å². The first-order chi connectivity index (χ1) is 19.8. The number of rotatable bonds is 9. The second kappa shape index (κ2) is 11.8. The Morgan fingerprint density at radius 1 is 0.878 bits per heavy atom. The molecule has 3 N–H and O–H groups in total. The van der Waals surface area contributed by atoms with Gasteiger partial charge in [-0.2, -0.15) is 0 Å². The Morgan fingerprint density at radius 2 is 1.59 bits per heavy atom. The summed E-state index contributed by atoms with van der Waals surface area (Å²) in [4.78, 5) is 33.1. The molecule has 0 radical (unpaired) electrons. The predicted molar refractivity (Wildman–Crippen MR) is 152 cm³/mol. The van der Waals surface area contributed by atoms with Gasteiger partial charge in [-0.3, -0.25) is 4.98 Å². The first-order valence-electron chi connectivity index (χ1n) is 12.5. The van der Waals surface area contributed by atoms with Crippen LogP contribution >= 0.6 is 0 Å². The number of para-hydroxylation sites is 1. The molecule has 1 unspecified atom stereocenters. The van der Waals surface area contributed by atoms with E-state index in [0.29, 0.717) is 17.2 Å². The Hall–Kier alpha value is -5.29. The van der Waals surface area contributed by atoms with Crippen LogP contribution in [0.1, 0.15) is 5.56 Å². The number of urea groups is 1. The Bertz CT molecular complexity index is 1810. The highest BCUT2D eigenvalue weighted by atomic mass is 32.2. The van der Waals surface area contributed by atoms with E-state index >= 15 is 0 Å². The van der Waals surface area contributed by atoms with Gasteiger partial charge in [-0.1, -0.05) is 42.5 Å². The summed E-state index contributed by atoms with van der Waals surface area (Å²) in [7, 11) is -3.93. The Morgan fingerprint density at radius 3 is 2.34 bits per heavy atom. The molecule has 1 atom stereocenters. The van der Waals surface area contributed by atoms with Gasteiger partial charge in [0, 0.05) is 25.0 Å². The van der Waals surface area contributed by atoms with Crippen LogP contribution in [-0.4, -0.2) is 41.5 Å². The summed E-state index contributed by atoms with van der Waals surface area (Å²) < 4.78 is 32.2. The van der Waals surface area contributed by atoms with Gasteiger partial charge in [0.25, 0.3) is 0 Å². The number of carbonyl (C=O) groups excluding carboxylic acids is 1. The summed E-state index contributed by atoms with van der Waals surface area (Å²) in [5.74, 6) is -0.371. The summed E-state index contributed by atoms with van der Waals surface area (Å²) >= 11 is 0. The van der Waals surface area contributed by atoms with Crippen LogP contribution in [0.2, 0.25) is 0 Å². The van der Waals surface area contributed by atoms with Crippen molar-refractivity contribution in [1.82, 2.24) is 15.3 Å². The Labute approximate surface area is 235 Å². The topological polar surface area (TPSA) is 148 Å². The van der Waals surface area contributed by atoms with Crippen LogP contribution in [0.15, 0.2) is 119 Å². The zero-order valence-corrected chi connectivity index (χ0v) is 22.3. The van der Waals surface area contributed by atoms with Crippen molar-refractivity contribution < 1.29 is 27.9 Å². The molecule has 0 spiro atoms. The number of fused-ring (bicyclic) bond motifs is 1. The third-order valence-corrected chi connectivity index (χ3v) is 8.02. The number of aromatic nitrogens is 2. The van der Waals surface area contributed by atoms with Gasteiger partial charge in [-0.15, -0.1) is 0 Å². The molecule has 41 heavy (non-hydrogen) atoms. The number of anilines is 1. The van der Waals surface area contributed by atoms with Crippen LogP contribution in [0.4, 0.5) is 10.5 Å². The maximum absolute atomic E-state index is 13.1. The molecule has 10 nitrogen and oxygen atoms in total. The molecule has 5 rings (SSSR count). The molecule has 2 amide bonds. The maximum atomic E-state index is 13.1. The second-order valence-corrected chi connectivity index (χ2v) is 10.9. The van der Waals surface area contributed by atoms with Crippen molar-refractivity contribution in [2.75, 3.05) is 5.32 Å². The summed E-state index contributed by atoms with van der Waals surface area (Å²) in [6.45, 7) is 0. The number of carbonyl (C=O) groups is 2. The average molecular weight is 569 g/mol. The van der Waals surface area contributed by atoms with E-state index in [0.717, 1.165) is 10.8 Å². The van der Waals surface area contributed by atoms with Crippen LogP contribution in [0.5, 0.6) is 11.6 Å². The van der Waals surface area contributed by atoms with Crippen molar-refractivity contribution in [3.8, 4) is 11.6 Å². The number of carboxylic acids is 1. The van der Waals surface area contributed by atoms with Gasteiger partial charge < -0.3 is 20.5 Å². The smallest absolute Gasteiger partial charge is 0.326 e. The fraction of sp³-hybridized carbons (Fsp3) is 0.0667. The van der Waals surface area contributed by atoms with Crippen LogP contribution < -0.4 is 15.4 Å². The average Bonchev–Trinajstić information content (AvgIpc) is 2.98. The Balaban J connectivity index is 1.26. The first-order valence-corrected chi connectivity index (χ1v) is 13.9. The fourth-order valence-corrected chi connectivity index (χ4v) is 5.59. The summed E-state index contributed by atoms with van der Waals surface area (Å²) in [5, 5.41) is 16.3. The largest absolute Gasteiger partial charge is 0.480 e. The number of ether oxygens (including phenoxy) is 1. The number of amides is 2. The van der Waals surface area contributed by atoms with Gasteiger partial charge in [0.15, 0.2) is 0 Å². The number of nitrogens with one attached hydrogen (secondary N) is 2. The summed E-state index contributed by atoms with van der Waals surface area (Å²) in [6.07, 6.45) is 4.95. The number of benzene rings is 3. The van der Waals surface area contributed by atoms with E-state index in [1.165, 1.54) is 24.3 Å². The van der Waals surface area contributed by atoms with Crippen molar-refractivity contribution in [3.63, 3.8) is 0 Å². The van der Waals surface area contributed by atoms with E-state index in [-0.39, 0.29) is 21.9 Å². The maximum Gasteiger partial charge on any atom is 0.326 e. The number of aliphatic carboxylic acids is 1. The normalized spacial score (nSPS) is 11.9. The Kier molecular flexibility index (Phi) is 7.88. The molecule has 2 heterocycles. The number of carboxylic acid groups (broad SMARTS) is 1.